The molecule has 1 N–H and O–H groups in total. The second-order valence-electron chi connectivity index (χ2n) is 4.85. The standard InChI is InChI=1S/C17H18O3/c1-4-13-10-14(7-8-15(13)17(18)19)20-16-9-11(2)5-6-12(16)3/h5-10H,4H2,1-3H3,(H,18,19). The summed E-state index contributed by atoms with van der Waals surface area (Å²) in [6.07, 6.45) is 0.658. The third-order valence-corrected chi connectivity index (χ3v) is 3.26. The molecule has 3 nitrogen and oxygen atoms in total. The predicted molar refractivity (Wildman–Crippen MR) is 78.8 cm³/mol. The summed E-state index contributed by atoms with van der Waals surface area (Å²) in [7, 11) is 0. The number of ether oxygens (including phenoxy) is 1. The fourth-order valence-electron chi connectivity index (χ4n) is 2.08. The van der Waals surface area contributed by atoms with Crippen LogP contribution < -0.4 is 4.74 Å². The maximum atomic E-state index is 11.1. The van der Waals surface area contributed by atoms with Crippen molar-refractivity contribution in [3.63, 3.8) is 0 Å². The number of aryl methyl sites for hydroxylation is 3. The minimum atomic E-state index is -0.903. The lowest BCUT2D eigenvalue weighted by molar-refractivity contribution is 0.0695. The summed E-state index contributed by atoms with van der Waals surface area (Å²) in [6, 6.07) is 11.1. The van der Waals surface area contributed by atoms with E-state index in [1.54, 1.807) is 18.2 Å². The highest BCUT2D eigenvalue weighted by molar-refractivity contribution is 5.89. The van der Waals surface area contributed by atoms with Crippen molar-refractivity contribution in [2.24, 2.45) is 0 Å². The maximum absolute atomic E-state index is 11.1. The molecule has 0 aliphatic heterocycles. The molecule has 0 spiro atoms. The van der Waals surface area contributed by atoms with Crippen LogP contribution in [0.3, 0.4) is 0 Å². The Morgan fingerprint density at radius 3 is 2.55 bits per heavy atom. The molecule has 0 unspecified atom stereocenters. The van der Waals surface area contributed by atoms with Gasteiger partial charge >= 0.3 is 5.97 Å². The second kappa shape index (κ2) is 5.78. The summed E-state index contributed by atoms with van der Waals surface area (Å²) >= 11 is 0. The summed E-state index contributed by atoms with van der Waals surface area (Å²) in [6.45, 7) is 5.93. The van der Waals surface area contributed by atoms with E-state index < -0.39 is 5.97 Å². The molecule has 20 heavy (non-hydrogen) atoms. The molecule has 104 valence electrons. The van der Waals surface area contributed by atoms with E-state index in [9.17, 15) is 4.79 Å². The first kappa shape index (κ1) is 14.1. The van der Waals surface area contributed by atoms with Crippen molar-refractivity contribution in [3.05, 3.63) is 58.7 Å². The summed E-state index contributed by atoms with van der Waals surface area (Å²) in [5.74, 6) is 0.566. The lowest BCUT2D eigenvalue weighted by atomic mass is 10.0. The van der Waals surface area contributed by atoms with E-state index in [-0.39, 0.29) is 0 Å². The van der Waals surface area contributed by atoms with E-state index in [2.05, 4.69) is 0 Å². The van der Waals surface area contributed by atoms with Crippen molar-refractivity contribution >= 4 is 5.97 Å². The van der Waals surface area contributed by atoms with Crippen molar-refractivity contribution in [3.8, 4) is 11.5 Å². The molecule has 2 rings (SSSR count). The van der Waals surface area contributed by atoms with Gasteiger partial charge in [-0.15, -0.1) is 0 Å². The Kier molecular flexibility index (Phi) is 4.08. The van der Waals surface area contributed by atoms with E-state index in [0.717, 1.165) is 22.4 Å². The largest absolute Gasteiger partial charge is 0.478 e. The monoisotopic (exact) mass is 270 g/mol. The molecule has 0 saturated heterocycles. The molecule has 0 heterocycles. The molecule has 0 fully saturated rings. The summed E-state index contributed by atoms with van der Waals surface area (Å²) in [5, 5.41) is 9.12. The van der Waals surface area contributed by atoms with Crippen LogP contribution >= 0.6 is 0 Å². The van der Waals surface area contributed by atoms with Gasteiger partial charge in [0.1, 0.15) is 11.5 Å². The molecule has 0 saturated carbocycles. The third kappa shape index (κ3) is 2.99. The van der Waals surface area contributed by atoms with Gasteiger partial charge in [0.15, 0.2) is 0 Å². The highest BCUT2D eigenvalue weighted by Crippen LogP contribution is 2.27. The van der Waals surface area contributed by atoms with Crippen LogP contribution in [0.5, 0.6) is 11.5 Å². The van der Waals surface area contributed by atoms with Gasteiger partial charge in [-0.3, -0.25) is 0 Å². The number of benzene rings is 2. The summed E-state index contributed by atoms with van der Waals surface area (Å²) in [5.41, 5.74) is 3.29. The van der Waals surface area contributed by atoms with Gasteiger partial charge in [0.05, 0.1) is 5.56 Å². The lowest BCUT2D eigenvalue weighted by Gasteiger charge is -2.11. The van der Waals surface area contributed by atoms with Gasteiger partial charge in [-0.1, -0.05) is 19.1 Å². The Morgan fingerprint density at radius 2 is 1.90 bits per heavy atom. The zero-order chi connectivity index (χ0) is 14.7. The number of rotatable bonds is 4. The quantitative estimate of drug-likeness (QED) is 0.898. The molecular formula is C17H18O3. The van der Waals surface area contributed by atoms with Crippen LogP contribution in [0.25, 0.3) is 0 Å². The molecule has 3 heteroatoms. The van der Waals surface area contributed by atoms with Crippen LogP contribution in [0, 0.1) is 13.8 Å². The molecule has 0 aliphatic rings. The fourth-order valence-corrected chi connectivity index (χ4v) is 2.08. The Hall–Kier alpha value is -2.29. The van der Waals surface area contributed by atoms with Crippen LogP contribution in [0.15, 0.2) is 36.4 Å². The molecule has 0 aromatic heterocycles. The normalized spacial score (nSPS) is 10.3. The number of carbonyl (C=O) groups is 1. The molecule has 2 aromatic rings. The van der Waals surface area contributed by atoms with Crippen molar-refractivity contribution in [1.29, 1.82) is 0 Å². The Bertz CT molecular complexity index is 645. The number of carboxylic acids is 1. The SMILES string of the molecule is CCc1cc(Oc2cc(C)ccc2C)ccc1C(=O)O. The average molecular weight is 270 g/mol. The first-order valence-electron chi connectivity index (χ1n) is 6.62. The minimum Gasteiger partial charge on any atom is -0.478 e. The van der Waals surface area contributed by atoms with E-state index in [0.29, 0.717) is 17.7 Å². The molecule has 0 aliphatic carbocycles. The molecule has 2 aromatic carbocycles. The van der Waals surface area contributed by atoms with Gasteiger partial charge in [0.25, 0.3) is 0 Å². The number of carboxylic acid groups (broad SMARTS) is 1. The highest BCUT2D eigenvalue weighted by atomic mass is 16.5. The number of hydrogen-bond donors (Lipinski definition) is 1. The van der Waals surface area contributed by atoms with Gasteiger partial charge in [-0.25, -0.2) is 4.79 Å². The van der Waals surface area contributed by atoms with Gasteiger partial charge in [0.2, 0.25) is 0 Å². The Morgan fingerprint density at radius 1 is 1.15 bits per heavy atom. The average Bonchev–Trinajstić information content (AvgIpc) is 2.42. The third-order valence-electron chi connectivity index (χ3n) is 3.26. The van der Waals surface area contributed by atoms with E-state index in [4.69, 9.17) is 9.84 Å². The number of hydrogen-bond acceptors (Lipinski definition) is 2. The van der Waals surface area contributed by atoms with Crippen LogP contribution in [-0.2, 0) is 6.42 Å². The fraction of sp³-hybridized carbons (Fsp3) is 0.235. The van der Waals surface area contributed by atoms with Crippen LogP contribution in [0.4, 0.5) is 0 Å². The molecule has 0 atom stereocenters. The summed E-state index contributed by atoms with van der Waals surface area (Å²) in [4.78, 5) is 11.1. The van der Waals surface area contributed by atoms with Crippen molar-refractivity contribution in [2.75, 3.05) is 0 Å². The van der Waals surface area contributed by atoms with E-state index in [1.165, 1.54) is 0 Å². The molecule has 0 radical (unpaired) electrons. The highest BCUT2D eigenvalue weighted by Gasteiger charge is 2.10. The Balaban J connectivity index is 2.34. The van der Waals surface area contributed by atoms with Crippen molar-refractivity contribution in [2.45, 2.75) is 27.2 Å². The van der Waals surface area contributed by atoms with E-state index >= 15 is 0 Å². The topological polar surface area (TPSA) is 46.5 Å². The maximum Gasteiger partial charge on any atom is 0.335 e. The van der Waals surface area contributed by atoms with Gasteiger partial charge in [0, 0.05) is 0 Å². The second-order valence-corrected chi connectivity index (χ2v) is 4.85. The lowest BCUT2D eigenvalue weighted by Crippen LogP contribution is -2.02. The predicted octanol–water partition coefficient (Wildman–Crippen LogP) is 4.36. The molecule has 0 bridgehead atoms. The smallest absolute Gasteiger partial charge is 0.335 e. The van der Waals surface area contributed by atoms with Crippen LogP contribution in [0.1, 0.15) is 34.0 Å². The Labute approximate surface area is 118 Å². The zero-order valence-electron chi connectivity index (χ0n) is 11.9. The molecular weight excluding hydrogens is 252 g/mol. The van der Waals surface area contributed by atoms with Gasteiger partial charge in [-0.05, 0) is 61.2 Å². The van der Waals surface area contributed by atoms with Crippen LogP contribution in [0.2, 0.25) is 0 Å². The zero-order valence-corrected chi connectivity index (χ0v) is 11.9. The number of aromatic carboxylic acids is 1. The van der Waals surface area contributed by atoms with Gasteiger partial charge < -0.3 is 9.84 Å². The van der Waals surface area contributed by atoms with Crippen molar-refractivity contribution < 1.29 is 14.6 Å². The van der Waals surface area contributed by atoms with Gasteiger partial charge in [-0.2, -0.15) is 0 Å². The molecule has 0 amide bonds. The van der Waals surface area contributed by atoms with Crippen molar-refractivity contribution in [1.82, 2.24) is 0 Å². The first-order valence-corrected chi connectivity index (χ1v) is 6.62. The summed E-state index contributed by atoms with van der Waals surface area (Å²) < 4.78 is 5.87. The minimum absolute atomic E-state index is 0.334. The van der Waals surface area contributed by atoms with Crippen LogP contribution in [-0.4, -0.2) is 11.1 Å². The van der Waals surface area contributed by atoms with E-state index in [1.807, 2.05) is 39.0 Å². The first-order chi connectivity index (χ1) is 9.51.